The lowest BCUT2D eigenvalue weighted by Gasteiger charge is -2.47. The van der Waals surface area contributed by atoms with Crippen molar-refractivity contribution in [2.45, 2.75) is 56.5 Å². The van der Waals surface area contributed by atoms with Crippen LogP contribution in [0.1, 0.15) is 56.1 Å². The fourth-order valence-electron chi connectivity index (χ4n) is 5.79. The highest BCUT2D eigenvalue weighted by molar-refractivity contribution is 5.91. The molecule has 0 unspecified atom stereocenters. The minimum Gasteiger partial charge on any atom is -0.481 e. The van der Waals surface area contributed by atoms with E-state index < -0.39 is 29.6 Å². The molecule has 2 N–H and O–H groups in total. The zero-order chi connectivity index (χ0) is 23.9. The molecule has 3 aliphatic rings. The normalized spacial score (nSPS) is 22.8. The molecule has 0 bridgehead atoms. The second kappa shape index (κ2) is 8.78. The first-order chi connectivity index (χ1) is 16.4. The Labute approximate surface area is 199 Å². The molecule has 0 spiro atoms. The van der Waals surface area contributed by atoms with Gasteiger partial charge in [-0.05, 0) is 61.3 Å². The molecule has 1 aliphatic heterocycles. The van der Waals surface area contributed by atoms with Gasteiger partial charge in [0.2, 0.25) is 5.91 Å². The third kappa shape index (κ3) is 3.73. The summed E-state index contributed by atoms with van der Waals surface area (Å²) < 4.78 is 5.68. The average Bonchev–Trinajstić information content (AvgIpc) is 3.13. The van der Waals surface area contributed by atoms with E-state index in [1.54, 1.807) is 11.8 Å². The van der Waals surface area contributed by atoms with E-state index in [1.807, 2.05) is 24.3 Å². The molecule has 7 heteroatoms. The number of aliphatic carboxylic acids is 1. The van der Waals surface area contributed by atoms with Crippen molar-refractivity contribution in [3.05, 3.63) is 59.7 Å². The van der Waals surface area contributed by atoms with E-state index in [-0.39, 0.29) is 18.4 Å². The number of amides is 2. The molecule has 2 aliphatic carbocycles. The van der Waals surface area contributed by atoms with Gasteiger partial charge in [0, 0.05) is 18.5 Å². The van der Waals surface area contributed by atoms with E-state index in [9.17, 15) is 19.5 Å². The largest absolute Gasteiger partial charge is 0.481 e. The fraction of sp³-hybridized carbons (Fsp3) is 0.444. The standard InChI is InChI=1S/C27H30N2O5/c1-17-18(24(30)31)12-6-15-29(17)25(32)27(13-7-14-27)28-26(33)34-16-23-21-10-4-2-8-19(21)20-9-3-5-11-22(20)23/h2-5,8-11,17-18,23H,6-7,12-16H2,1H3,(H,28,33)(H,30,31)/t17-,18-/m1/s1. The van der Waals surface area contributed by atoms with Crippen LogP contribution < -0.4 is 5.32 Å². The van der Waals surface area contributed by atoms with E-state index >= 15 is 0 Å². The van der Waals surface area contributed by atoms with Gasteiger partial charge in [-0.15, -0.1) is 0 Å². The highest BCUT2D eigenvalue weighted by Crippen LogP contribution is 2.44. The monoisotopic (exact) mass is 462 g/mol. The van der Waals surface area contributed by atoms with Crippen molar-refractivity contribution in [2.24, 2.45) is 5.92 Å². The number of fused-ring (bicyclic) bond motifs is 3. The quantitative estimate of drug-likeness (QED) is 0.696. The third-order valence-electron chi connectivity index (χ3n) is 7.87. The lowest BCUT2D eigenvalue weighted by atomic mass is 9.74. The number of carboxylic acids is 1. The van der Waals surface area contributed by atoms with E-state index in [4.69, 9.17) is 4.74 Å². The number of likely N-dealkylation sites (tertiary alicyclic amines) is 1. The molecule has 2 amide bonds. The summed E-state index contributed by atoms with van der Waals surface area (Å²) in [5, 5.41) is 12.4. The smallest absolute Gasteiger partial charge is 0.408 e. The van der Waals surface area contributed by atoms with E-state index in [0.29, 0.717) is 32.2 Å². The number of carboxylic acid groups (broad SMARTS) is 1. The lowest BCUT2D eigenvalue weighted by Crippen LogP contribution is -2.66. The predicted octanol–water partition coefficient (Wildman–Crippen LogP) is 4.16. The van der Waals surface area contributed by atoms with Gasteiger partial charge in [0.25, 0.3) is 0 Å². The first-order valence-electron chi connectivity index (χ1n) is 12.1. The van der Waals surface area contributed by atoms with Crippen LogP contribution >= 0.6 is 0 Å². The highest BCUT2D eigenvalue weighted by atomic mass is 16.5. The van der Waals surface area contributed by atoms with Crippen molar-refractivity contribution in [1.82, 2.24) is 10.2 Å². The molecule has 0 aromatic heterocycles. The first kappa shape index (κ1) is 22.4. The van der Waals surface area contributed by atoms with Crippen LogP contribution in [-0.4, -0.2) is 52.7 Å². The number of ether oxygens (including phenoxy) is 1. The average molecular weight is 463 g/mol. The number of nitrogens with zero attached hydrogens (tertiary/aromatic N) is 1. The number of alkyl carbamates (subject to hydrolysis) is 1. The van der Waals surface area contributed by atoms with Gasteiger partial charge in [-0.1, -0.05) is 48.5 Å². The van der Waals surface area contributed by atoms with Gasteiger partial charge in [0.15, 0.2) is 0 Å². The molecule has 7 nitrogen and oxygen atoms in total. The zero-order valence-corrected chi connectivity index (χ0v) is 19.3. The van der Waals surface area contributed by atoms with Crippen molar-refractivity contribution in [2.75, 3.05) is 13.2 Å². The molecule has 0 radical (unpaired) electrons. The van der Waals surface area contributed by atoms with Crippen LogP contribution in [0.4, 0.5) is 4.79 Å². The minimum atomic E-state index is -1.00. The van der Waals surface area contributed by atoms with Crippen LogP contribution in [0.25, 0.3) is 11.1 Å². The number of hydrogen-bond acceptors (Lipinski definition) is 4. The molecule has 1 saturated heterocycles. The number of piperidine rings is 1. The molecule has 5 rings (SSSR count). The van der Waals surface area contributed by atoms with Crippen LogP contribution in [0.15, 0.2) is 48.5 Å². The van der Waals surface area contributed by atoms with Gasteiger partial charge in [-0.2, -0.15) is 0 Å². The van der Waals surface area contributed by atoms with Crippen molar-refractivity contribution < 1.29 is 24.2 Å². The van der Waals surface area contributed by atoms with Gasteiger partial charge in [-0.25, -0.2) is 4.79 Å². The third-order valence-corrected chi connectivity index (χ3v) is 7.87. The number of carbonyl (C=O) groups excluding carboxylic acids is 2. The Morgan fingerprint density at radius 3 is 2.21 bits per heavy atom. The van der Waals surface area contributed by atoms with Gasteiger partial charge >= 0.3 is 12.1 Å². The summed E-state index contributed by atoms with van der Waals surface area (Å²) >= 11 is 0. The number of nitrogens with one attached hydrogen (secondary N) is 1. The Bertz CT molecular complexity index is 1080. The number of rotatable bonds is 5. The van der Waals surface area contributed by atoms with E-state index in [2.05, 4.69) is 29.6 Å². The number of carbonyl (C=O) groups is 3. The molecule has 2 fully saturated rings. The van der Waals surface area contributed by atoms with E-state index in [0.717, 1.165) is 28.7 Å². The Hall–Kier alpha value is -3.35. The maximum Gasteiger partial charge on any atom is 0.408 e. The first-order valence-corrected chi connectivity index (χ1v) is 12.1. The van der Waals surface area contributed by atoms with Crippen LogP contribution in [-0.2, 0) is 14.3 Å². The molecule has 34 heavy (non-hydrogen) atoms. The van der Waals surface area contributed by atoms with Crippen molar-refractivity contribution in [1.29, 1.82) is 0 Å². The minimum absolute atomic E-state index is 0.0513. The Morgan fingerprint density at radius 1 is 1.03 bits per heavy atom. The van der Waals surface area contributed by atoms with Crippen LogP contribution in [0.3, 0.4) is 0 Å². The second-order valence-corrected chi connectivity index (χ2v) is 9.71. The van der Waals surface area contributed by atoms with Crippen LogP contribution in [0.5, 0.6) is 0 Å². The predicted molar refractivity (Wildman–Crippen MR) is 126 cm³/mol. The molecule has 1 heterocycles. The molecular formula is C27H30N2O5. The van der Waals surface area contributed by atoms with E-state index in [1.165, 1.54) is 0 Å². The molecule has 1 saturated carbocycles. The summed E-state index contributed by atoms with van der Waals surface area (Å²) in [6, 6.07) is 15.9. The van der Waals surface area contributed by atoms with Crippen molar-refractivity contribution in [3.63, 3.8) is 0 Å². The molecule has 2 aromatic rings. The number of hydrogen-bond donors (Lipinski definition) is 2. The van der Waals surface area contributed by atoms with Gasteiger partial charge < -0.3 is 20.1 Å². The Kier molecular flexibility index (Phi) is 5.80. The maximum absolute atomic E-state index is 13.5. The maximum atomic E-state index is 13.5. The highest BCUT2D eigenvalue weighted by Gasteiger charge is 2.50. The molecule has 2 aromatic carbocycles. The SMILES string of the molecule is C[C@@H]1[C@H](C(=O)O)CCCN1C(=O)C1(NC(=O)OCC2c3ccccc3-c3ccccc32)CCC1. The van der Waals surface area contributed by atoms with Crippen LogP contribution in [0.2, 0.25) is 0 Å². The molecule has 2 atom stereocenters. The summed E-state index contributed by atoms with van der Waals surface area (Å²) in [6.45, 7) is 2.48. The second-order valence-electron chi connectivity index (χ2n) is 9.71. The topological polar surface area (TPSA) is 95.9 Å². The fourth-order valence-corrected chi connectivity index (χ4v) is 5.79. The summed E-state index contributed by atoms with van der Waals surface area (Å²) in [5.74, 6) is -1.70. The van der Waals surface area contributed by atoms with Gasteiger partial charge in [0.1, 0.15) is 12.1 Å². The Morgan fingerprint density at radius 2 is 1.65 bits per heavy atom. The summed E-state index contributed by atoms with van der Waals surface area (Å²) in [4.78, 5) is 39.6. The van der Waals surface area contributed by atoms with Crippen LogP contribution in [0, 0.1) is 5.92 Å². The summed E-state index contributed by atoms with van der Waals surface area (Å²) in [5.41, 5.74) is 3.58. The summed E-state index contributed by atoms with van der Waals surface area (Å²) in [7, 11) is 0. The van der Waals surface area contributed by atoms with Gasteiger partial charge in [0.05, 0.1) is 5.92 Å². The summed E-state index contributed by atoms with van der Waals surface area (Å²) in [6.07, 6.45) is 2.52. The van der Waals surface area contributed by atoms with Gasteiger partial charge in [-0.3, -0.25) is 9.59 Å². The zero-order valence-electron chi connectivity index (χ0n) is 19.3. The lowest BCUT2D eigenvalue weighted by molar-refractivity contribution is -0.153. The van der Waals surface area contributed by atoms with Crippen molar-refractivity contribution >= 4 is 18.0 Å². The van der Waals surface area contributed by atoms with Crippen molar-refractivity contribution in [3.8, 4) is 11.1 Å². The number of benzene rings is 2. The molecule has 178 valence electrons. The Balaban J connectivity index is 1.27. The molecular weight excluding hydrogens is 432 g/mol.